The highest BCUT2D eigenvalue weighted by molar-refractivity contribution is 6.19. The molecule has 6 nitrogen and oxygen atoms in total. The summed E-state index contributed by atoms with van der Waals surface area (Å²) in [5, 5.41) is 0.829. The highest BCUT2D eigenvalue weighted by Gasteiger charge is 2.24. The molecule has 0 radical (unpaired) electrons. The van der Waals surface area contributed by atoms with Crippen LogP contribution in [0.25, 0.3) is 10.9 Å². The SMILES string of the molecule is COc1cc(C(=O)c2c[nH]c3ccccc23)c(N)c(OC)c1OC. The lowest BCUT2D eigenvalue weighted by molar-refractivity contribution is 0.104. The number of aromatic amines is 1. The van der Waals surface area contributed by atoms with Crippen molar-refractivity contribution in [3.63, 3.8) is 0 Å². The minimum Gasteiger partial charge on any atom is -0.493 e. The smallest absolute Gasteiger partial charge is 0.205 e. The summed E-state index contributed by atoms with van der Waals surface area (Å²) < 4.78 is 15.9. The number of nitrogens with two attached hydrogens (primary N) is 1. The molecule has 0 saturated heterocycles. The first-order valence-electron chi connectivity index (χ1n) is 7.31. The number of anilines is 1. The van der Waals surface area contributed by atoms with Crippen LogP contribution in [0.4, 0.5) is 5.69 Å². The fourth-order valence-corrected chi connectivity index (χ4v) is 2.77. The molecule has 24 heavy (non-hydrogen) atoms. The molecule has 0 aliphatic rings. The first-order valence-corrected chi connectivity index (χ1v) is 7.31. The first kappa shape index (κ1) is 15.7. The third-order valence-electron chi connectivity index (χ3n) is 3.95. The van der Waals surface area contributed by atoms with Crippen LogP contribution in [0.5, 0.6) is 17.2 Å². The van der Waals surface area contributed by atoms with Crippen molar-refractivity contribution in [2.75, 3.05) is 27.1 Å². The Morgan fingerprint density at radius 3 is 2.38 bits per heavy atom. The van der Waals surface area contributed by atoms with Gasteiger partial charge >= 0.3 is 0 Å². The molecular weight excluding hydrogens is 308 g/mol. The molecule has 3 rings (SSSR count). The number of ketones is 1. The van der Waals surface area contributed by atoms with Crippen molar-refractivity contribution >= 4 is 22.4 Å². The minimum atomic E-state index is -0.218. The number of para-hydroxylation sites is 1. The number of nitrogen functional groups attached to an aromatic ring is 1. The molecule has 6 heteroatoms. The highest BCUT2D eigenvalue weighted by Crippen LogP contribution is 2.44. The van der Waals surface area contributed by atoms with Gasteiger partial charge in [0.2, 0.25) is 5.75 Å². The molecule has 0 atom stereocenters. The number of H-pyrrole nitrogens is 1. The fourth-order valence-electron chi connectivity index (χ4n) is 2.77. The van der Waals surface area contributed by atoms with E-state index in [0.717, 1.165) is 10.9 Å². The van der Waals surface area contributed by atoms with Crippen molar-refractivity contribution in [2.24, 2.45) is 0 Å². The monoisotopic (exact) mass is 326 g/mol. The van der Waals surface area contributed by atoms with E-state index >= 15 is 0 Å². The molecule has 3 aromatic rings. The second-order valence-corrected chi connectivity index (χ2v) is 5.18. The van der Waals surface area contributed by atoms with Gasteiger partial charge in [-0.15, -0.1) is 0 Å². The summed E-state index contributed by atoms with van der Waals surface area (Å²) in [5.74, 6) is 0.795. The van der Waals surface area contributed by atoms with E-state index in [9.17, 15) is 4.79 Å². The molecule has 3 N–H and O–H groups in total. The predicted molar refractivity (Wildman–Crippen MR) is 92.2 cm³/mol. The van der Waals surface area contributed by atoms with Crippen LogP contribution in [0.15, 0.2) is 36.5 Å². The van der Waals surface area contributed by atoms with Crippen molar-refractivity contribution in [3.05, 3.63) is 47.7 Å². The third-order valence-corrected chi connectivity index (χ3v) is 3.95. The molecule has 0 spiro atoms. The Labute approximate surface area is 139 Å². The molecule has 0 fully saturated rings. The Bertz CT molecular complexity index is 915. The van der Waals surface area contributed by atoms with E-state index in [2.05, 4.69) is 4.98 Å². The second-order valence-electron chi connectivity index (χ2n) is 5.18. The van der Waals surface area contributed by atoms with Gasteiger partial charge in [0.25, 0.3) is 0 Å². The molecule has 2 aromatic carbocycles. The topological polar surface area (TPSA) is 86.6 Å². The van der Waals surface area contributed by atoms with Crippen molar-refractivity contribution in [2.45, 2.75) is 0 Å². The van der Waals surface area contributed by atoms with Crippen molar-refractivity contribution in [1.82, 2.24) is 4.98 Å². The first-order chi connectivity index (χ1) is 11.6. The zero-order chi connectivity index (χ0) is 17.3. The fraction of sp³-hybridized carbons (Fsp3) is 0.167. The van der Waals surface area contributed by atoms with Crippen LogP contribution < -0.4 is 19.9 Å². The van der Waals surface area contributed by atoms with E-state index in [4.69, 9.17) is 19.9 Å². The average molecular weight is 326 g/mol. The van der Waals surface area contributed by atoms with Gasteiger partial charge in [-0.1, -0.05) is 18.2 Å². The molecule has 0 bridgehead atoms. The van der Waals surface area contributed by atoms with Crippen LogP contribution in [0.3, 0.4) is 0 Å². The summed E-state index contributed by atoms with van der Waals surface area (Å²) in [5.41, 5.74) is 8.08. The number of hydrogen-bond donors (Lipinski definition) is 2. The van der Waals surface area contributed by atoms with Crippen LogP contribution >= 0.6 is 0 Å². The van der Waals surface area contributed by atoms with Gasteiger partial charge in [-0.25, -0.2) is 0 Å². The maximum absolute atomic E-state index is 13.0. The summed E-state index contributed by atoms with van der Waals surface area (Å²) in [4.78, 5) is 16.1. The number of rotatable bonds is 5. The van der Waals surface area contributed by atoms with E-state index in [0.29, 0.717) is 22.6 Å². The molecule has 1 aromatic heterocycles. The summed E-state index contributed by atoms with van der Waals surface area (Å²) in [6, 6.07) is 9.14. The molecule has 1 heterocycles. The van der Waals surface area contributed by atoms with Gasteiger partial charge in [0.05, 0.1) is 32.6 Å². The third kappa shape index (κ3) is 2.32. The molecule has 124 valence electrons. The van der Waals surface area contributed by atoms with Crippen LogP contribution in [-0.4, -0.2) is 32.1 Å². The van der Waals surface area contributed by atoms with E-state index in [1.54, 1.807) is 12.3 Å². The van der Waals surface area contributed by atoms with Crippen LogP contribution in [0.2, 0.25) is 0 Å². The lowest BCUT2D eigenvalue weighted by Gasteiger charge is -2.16. The number of methoxy groups -OCH3 is 3. The summed E-state index contributed by atoms with van der Waals surface area (Å²) in [6.07, 6.45) is 1.68. The number of carbonyl (C=O) groups is 1. The van der Waals surface area contributed by atoms with Gasteiger partial charge in [-0.3, -0.25) is 4.79 Å². The molecule has 0 aliphatic carbocycles. The standard InChI is InChI=1S/C18H18N2O4/c1-22-14-8-11(15(19)18(24-3)17(14)23-2)16(21)12-9-20-13-7-5-4-6-10(12)13/h4-9,20H,19H2,1-3H3. The van der Waals surface area contributed by atoms with E-state index in [1.807, 2.05) is 24.3 Å². The van der Waals surface area contributed by atoms with Gasteiger partial charge < -0.3 is 24.9 Å². The van der Waals surface area contributed by atoms with E-state index in [1.165, 1.54) is 21.3 Å². The van der Waals surface area contributed by atoms with Crippen molar-refractivity contribution < 1.29 is 19.0 Å². The quantitative estimate of drug-likeness (QED) is 0.556. The average Bonchev–Trinajstić information content (AvgIpc) is 3.04. The van der Waals surface area contributed by atoms with Crippen LogP contribution in [0.1, 0.15) is 15.9 Å². The van der Waals surface area contributed by atoms with Crippen LogP contribution in [-0.2, 0) is 0 Å². The van der Waals surface area contributed by atoms with Gasteiger partial charge in [0.1, 0.15) is 0 Å². The lowest BCUT2D eigenvalue weighted by Crippen LogP contribution is -2.08. The molecule has 0 unspecified atom stereocenters. The van der Waals surface area contributed by atoms with E-state index in [-0.39, 0.29) is 17.2 Å². The lowest BCUT2D eigenvalue weighted by atomic mass is 10.00. The number of benzene rings is 2. The number of hydrogen-bond acceptors (Lipinski definition) is 5. The normalized spacial score (nSPS) is 10.6. The molecule has 0 saturated carbocycles. The highest BCUT2D eigenvalue weighted by atomic mass is 16.5. The van der Waals surface area contributed by atoms with Gasteiger partial charge in [-0.05, 0) is 12.1 Å². The predicted octanol–water partition coefficient (Wildman–Crippen LogP) is 3.01. The van der Waals surface area contributed by atoms with Gasteiger partial charge in [0.15, 0.2) is 17.3 Å². The maximum atomic E-state index is 13.0. The Balaban J connectivity index is 2.20. The van der Waals surface area contributed by atoms with Crippen molar-refractivity contribution in [3.8, 4) is 17.2 Å². The number of fused-ring (bicyclic) bond motifs is 1. The Kier molecular flexibility index (Phi) is 4.04. The summed E-state index contributed by atoms with van der Waals surface area (Å²) in [7, 11) is 4.45. The number of aromatic nitrogens is 1. The van der Waals surface area contributed by atoms with Crippen molar-refractivity contribution in [1.29, 1.82) is 0 Å². The minimum absolute atomic E-state index is 0.213. The molecule has 0 aliphatic heterocycles. The summed E-state index contributed by atoms with van der Waals surface area (Å²) >= 11 is 0. The molecular formula is C18H18N2O4. The largest absolute Gasteiger partial charge is 0.493 e. The number of carbonyl (C=O) groups excluding carboxylic acids is 1. The molecule has 0 amide bonds. The van der Waals surface area contributed by atoms with Gasteiger partial charge in [0, 0.05) is 22.7 Å². The Morgan fingerprint density at radius 1 is 1.00 bits per heavy atom. The van der Waals surface area contributed by atoms with E-state index < -0.39 is 0 Å². The zero-order valence-electron chi connectivity index (χ0n) is 13.7. The Hall–Kier alpha value is -3.15. The summed E-state index contributed by atoms with van der Waals surface area (Å²) in [6.45, 7) is 0. The van der Waals surface area contributed by atoms with Gasteiger partial charge in [-0.2, -0.15) is 0 Å². The maximum Gasteiger partial charge on any atom is 0.205 e. The number of ether oxygens (including phenoxy) is 3. The second kappa shape index (κ2) is 6.16. The number of nitrogens with one attached hydrogen (secondary N) is 1. The zero-order valence-corrected chi connectivity index (χ0v) is 13.7. The Morgan fingerprint density at radius 2 is 1.71 bits per heavy atom. The van der Waals surface area contributed by atoms with Crippen LogP contribution in [0, 0.1) is 0 Å².